The summed E-state index contributed by atoms with van der Waals surface area (Å²) in [6.07, 6.45) is 1.12. The Hall–Kier alpha value is -1.44. The highest BCUT2D eigenvalue weighted by molar-refractivity contribution is 7.89. The zero-order chi connectivity index (χ0) is 15.2. The maximum absolute atomic E-state index is 11.7. The number of primary sulfonamides is 1. The van der Waals surface area contributed by atoms with Crippen LogP contribution in [0.2, 0.25) is 0 Å². The van der Waals surface area contributed by atoms with Gasteiger partial charge >= 0.3 is 0 Å². The second-order valence-corrected chi connectivity index (χ2v) is 5.91. The highest BCUT2D eigenvalue weighted by atomic mass is 32.2. The number of hydrogen-bond acceptors (Lipinski definition) is 4. The van der Waals surface area contributed by atoms with Crippen LogP contribution in [0, 0.1) is 6.92 Å². The van der Waals surface area contributed by atoms with Gasteiger partial charge in [-0.2, -0.15) is 0 Å². The van der Waals surface area contributed by atoms with E-state index in [1.165, 1.54) is 12.1 Å². The first-order valence-electron chi connectivity index (χ1n) is 6.36. The quantitative estimate of drug-likeness (QED) is 0.743. The molecule has 0 radical (unpaired) electrons. The zero-order valence-electron chi connectivity index (χ0n) is 11.7. The smallest absolute Gasteiger partial charge is 0.238 e. The van der Waals surface area contributed by atoms with Gasteiger partial charge in [0.2, 0.25) is 15.9 Å². The van der Waals surface area contributed by atoms with Crippen molar-refractivity contribution in [3.8, 4) is 0 Å². The van der Waals surface area contributed by atoms with Gasteiger partial charge in [-0.15, -0.1) is 0 Å². The molecule has 3 N–H and O–H groups in total. The topological polar surface area (TPSA) is 98.5 Å². The van der Waals surface area contributed by atoms with Crippen molar-refractivity contribution in [2.75, 3.05) is 18.5 Å². The van der Waals surface area contributed by atoms with Gasteiger partial charge in [0.05, 0.1) is 17.9 Å². The fourth-order valence-corrected chi connectivity index (χ4v) is 2.49. The second kappa shape index (κ2) is 7.37. The van der Waals surface area contributed by atoms with E-state index in [1.807, 2.05) is 6.92 Å². The molecule has 1 amide bonds. The largest absolute Gasteiger partial charge is 0.381 e. The molecule has 6 nitrogen and oxygen atoms in total. The van der Waals surface area contributed by atoms with Crippen LogP contribution in [0.25, 0.3) is 0 Å². The summed E-state index contributed by atoms with van der Waals surface area (Å²) in [5, 5.41) is 7.77. The van der Waals surface area contributed by atoms with Gasteiger partial charge in [0.15, 0.2) is 0 Å². The van der Waals surface area contributed by atoms with Crippen LogP contribution in [0.5, 0.6) is 0 Å². The summed E-state index contributed by atoms with van der Waals surface area (Å²) < 4.78 is 28.0. The van der Waals surface area contributed by atoms with Gasteiger partial charge in [-0.05, 0) is 31.0 Å². The van der Waals surface area contributed by atoms with E-state index in [4.69, 9.17) is 9.88 Å². The second-order valence-electron chi connectivity index (χ2n) is 4.38. The molecule has 1 rings (SSSR count). The van der Waals surface area contributed by atoms with Crippen molar-refractivity contribution in [3.63, 3.8) is 0 Å². The summed E-state index contributed by atoms with van der Waals surface area (Å²) >= 11 is 0. The van der Waals surface area contributed by atoms with Crippen LogP contribution >= 0.6 is 0 Å². The maximum atomic E-state index is 11.7. The van der Waals surface area contributed by atoms with Crippen LogP contribution in [0.15, 0.2) is 23.1 Å². The van der Waals surface area contributed by atoms with Crippen LogP contribution in [0.3, 0.4) is 0 Å². The molecule has 0 saturated carbocycles. The summed E-state index contributed by atoms with van der Waals surface area (Å²) in [5.41, 5.74) is 0.870. The first kappa shape index (κ1) is 16.6. The average Bonchev–Trinajstić information content (AvgIpc) is 2.36. The Labute approximate surface area is 119 Å². The Bertz CT molecular complexity index is 570. The van der Waals surface area contributed by atoms with E-state index in [9.17, 15) is 13.2 Å². The number of nitrogens with two attached hydrogens (primary N) is 1. The summed E-state index contributed by atoms with van der Waals surface area (Å²) in [4.78, 5) is 11.7. The Kier molecular flexibility index (Phi) is 6.12. The fraction of sp³-hybridized carbons (Fsp3) is 0.462. The van der Waals surface area contributed by atoms with E-state index >= 15 is 0 Å². The molecule has 0 fully saturated rings. The van der Waals surface area contributed by atoms with Crippen LogP contribution in [-0.2, 0) is 19.6 Å². The molecule has 1 aromatic carbocycles. The van der Waals surface area contributed by atoms with Crippen molar-refractivity contribution in [1.29, 1.82) is 0 Å². The van der Waals surface area contributed by atoms with Crippen LogP contribution in [0.1, 0.15) is 25.3 Å². The Morgan fingerprint density at radius 2 is 2.05 bits per heavy atom. The summed E-state index contributed by atoms with van der Waals surface area (Å²) in [6.45, 7) is 4.55. The first-order valence-corrected chi connectivity index (χ1v) is 7.91. The van der Waals surface area contributed by atoms with Crippen molar-refractivity contribution in [2.45, 2.75) is 31.6 Å². The summed E-state index contributed by atoms with van der Waals surface area (Å²) in [7, 11) is -3.79. The van der Waals surface area contributed by atoms with Gasteiger partial charge in [0.25, 0.3) is 0 Å². The van der Waals surface area contributed by atoms with E-state index in [0.717, 1.165) is 6.42 Å². The molecule has 0 aliphatic rings. The van der Waals surface area contributed by atoms with Gasteiger partial charge in [0, 0.05) is 12.3 Å². The number of anilines is 1. The number of ether oxygens (including phenoxy) is 1. The summed E-state index contributed by atoms with van der Waals surface area (Å²) in [5.74, 6) is -0.226. The molecule has 0 heterocycles. The molecule has 0 spiro atoms. The maximum Gasteiger partial charge on any atom is 0.238 e. The lowest BCUT2D eigenvalue weighted by molar-refractivity contribution is -0.117. The molecule has 0 aromatic heterocycles. The number of amides is 1. The molecule has 0 atom stereocenters. The number of nitrogens with one attached hydrogen (secondary N) is 1. The van der Waals surface area contributed by atoms with Crippen LogP contribution in [0.4, 0.5) is 5.69 Å². The predicted molar refractivity (Wildman–Crippen MR) is 76.9 cm³/mol. The minimum Gasteiger partial charge on any atom is -0.381 e. The fourth-order valence-electron chi connectivity index (χ4n) is 1.68. The standard InChI is InChI=1S/C13H20N2O4S/c1-3-8-19-9-7-13(16)15-11-5-4-6-12(10(11)2)20(14,17)18/h4-6H,3,7-9H2,1-2H3,(H,15,16)(H2,14,17,18). The van der Waals surface area contributed by atoms with Gasteiger partial charge in [-0.25, -0.2) is 13.6 Å². The molecule has 7 heteroatoms. The number of carbonyl (C=O) groups excluding carboxylic acids is 1. The molecular weight excluding hydrogens is 280 g/mol. The van der Waals surface area contributed by atoms with Crippen LogP contribution in [-0.4, -0.2) is 27.5 Å². The first-order chi connectivity index (χ1) is 9.36. The van der Waals surface area contributed by atoms with Crippen molar-refractivity contribution in [3.05, 3.63) is 23.8 Å². The molecule has 0 aliphatic heterocycles. The van der Waals surface area contributed by atoms with Crippen LogP contribution < -0.4 is 10.5 Å². The van der Waals surface area contributed by atoms with Crippen molar-refractivity contribution >= 4 is 21.6 Å². The van der Waals surface area contributed by atoms with E-state index in [1.54, 1.807) is 13.0 Å². The van der Waals surface area contributed by atoms with Gasteiger partial charge < -0.3 is 10.1 Å². The third kappa shape index (κ3) is 4.92. The highest BCUT2D eigenvalue weighted by Gasteiger charge is 2.14. The van der Waals surface area contributed by atoms with Crippen molar-refractivity contribution in [2.24, 2.45) is 5.14 Å². The van der Waals surface area contributed by atoms with Gasteiger partial charge in [-0.1, -0.05) is 13.0 Å². The SMILES string of the molecule is CCCOCCC(=O)Nc1cccc(S(N)(=O)=O)c1C. The zero-order valence-corrected chi connectivity index (χ0v) is 12.5. The monoisotopic (exact) mass is 300 g/mol. The number of hydrogen-bond donors (Lipinski definition) is 2. The molecular formula is C13H20N2O4S. The molecule has 1 aromatic rings. The molecule has 0 saturated heterocycles. The normalized spacial score (nSPS) is 11.3. The molecule has 0 aliphatic carbocycles. The number of sulfonamides is 1. The van der Waals surface area contributed by atoms with Crippen molar-refractivity contribution < 1.29 is 17.9 Å². The predicted octanol–water partition coefficient (Wildman–Crippen LogP) is 1.40. The third-order valence-electron chi connectivity index (χ3n) is 2.69. The lowest BCUT2D eigenvalue weighted by Gasteiger charge is -2.11. The van der Waals surface area contributed by atoms with E-state index < -0.39 is 10.0 Å². The number of benzene rings is 1. The minimum atomic E-state index is -3.79. The molecule has 0 unspecified atom stereocenters. The number of rotatable bonds is 7. The lowest BCUT2D eigenvalue weighted by atomic mass is 10.2. The van der Waals surface area contributed by atoms with E-state index in [0.29, 0.717) is 24.5 Å². The van der Waals surface area contributed by atoms with E-state index in [2.05, 4.69) is 5.32 Å². The average molecular weight is 300 g/mol. The van der Waals surface area contributed by atoms with Crippen molar-refractivity contribution in [1.82, 2.24) is 0 Å². The summed E-state index contributed by atoms with van der Waals surface area (Å²) in [6, 6.07) is 4.58. The Morgan fingerprint density at radius 3 is 2.65 bits per heavy atom. The van der Waals surface area contributed by atoms with Gasteiger partial charge in [0.1, 0.15) is 0 Å². The molecule has 112 valence electrons. The minimum absolute atomic E-state index is 0.0116. The van der Waals surface area contributed by atoms with Gasteiger partial charge in [-0.3, -0.25) is 4.79 Å². The third-order valence-corrected chi connectivity index (χ3v) is 3.74. The highest BCUT2D eigenvalue weighted by Crippen LogP contribution is 2.22. The Balaban J connectivity index is 2.71. The molecule has 20 heavy (non-hydrogen) atoms. The Morgan fingerprint density at radius 1 is 1.35 bits per heavy atom. The van der Waals surface area contributed by atoms with E-state index in [-0.39, 0.29) is 17.2 Å². The number of carbonyl (C=O) groups is 1. The lowest BCUT2D eigenvalue weighted by Crippen LogP contribution is -2.18. The molecule has 0 bridgehead atoms.